The van der Waals surface area contributed by atoms with Gasteiger partial charge in [0.2, 0.25) is 5.91 Å². The van der Waals surface area contributed by atoms with E-state index in [2.05, 4.69) is 15.4 Å². The van der Waals surface area contributed by atoms with Crippen molar-refractivity contribution in [2.45, 2.75) is 17.6 Å². The van der Waals surface area contributed by atoms with Crippen LogP contribution in [0.15, 0.2) is 64.7 Å². The van der Waals surface area contributed by atoms with Crippen molar-refractivity contribution >= 4 is 46.0 Å². The van der Waals surface area contributed by atoms with Crippen LogP contribution in [0.2, 0.25) is 5.02 Å². The summed E-state index contributed by atoms with van der Waals surface area (Å²) in [5.41, 5.74) is 1.74. The largest absolute Gasteiger partial charge is 0.325 e. The van der Waals surface area contributed by atoms with E-state index in [0.29, 0.717) is 38.2 Å². The summed E-state index contributed by atoms with van der Waals surface area (Å²) in [6, 6.07) is 15.8. The molecule has 158 valence electrons. The van der Waals surface area contributed by atoms with E-state index in [9.17, 15) is 14.9 Å². The highest BCUT2D eigenvalue weighted by Crippen LogP contribution is 2.34. The van der Waals surface area contributed by atoms with E-state index in [1.54, 1.807) is 21.4 Å². The Labute approximate surface area is 191 Å². The zero-order valence-corrected chi connectivity index (χ0v) is 18.1. The lowest BCUT2D eigenvalue weighted by molar-refractivity contribution is -0.116. The van der Waals surface area contributed by atoms with Crippen molar-refractivity contribution in [3.8, 4) is 11.8 Å². The van der Waals surface area contributed by atoms with Crippen LogP contribution >= 0.6 is 23.4 Å². The quantitative estimate of drug-likeness (QED) is 0.462. The zero-order chi connectivity index (χ0) is 22.2. The lowest BCUT2D eigenvalue weighted by Gasteiger charge is -2.14. The fourth-order valence-corrected chi connectivity index (χ4v) is 4.97. The van der Waals surface area contributed by atoms with Crippen LogP contribution < -0.4 is 10.9 Å². The van der Waals surface area contributed by atoms with E-state index in [4.69, 9.17) is 11.6 Å². The standard InChI is InChI=1S/C22H15ClN6O2S/c23-14-7-6-13(10-24)18(8-14)26-19(30)9-16-12-32-22-27-20-17(21(31)28(16)22)11-25-29(20)15-4-2-1-3-5-15/h1-8,11,16H,9,12H2,(H,26,30). The van der Waals surface area contributed by atoms with Crippen molar-refractivity contribution in [3.05, 3.63) is 75.7 Å². The molecule has 1 atom stereocenters. The second kappa shape index (κ2) is 8.15. The zero-order valence-electron chi connectivity index (χ0n) is 16.5. The molecule has 8 nitrogen and oxygen atoms in total. The number of carbonyl (C=O) groups excluding carboxylic acids is 1. The number of fused-ring (bicyclic) bond motifs is 2. The minimum absolute atomic E-state index is 0.0668. The summed E-state index contributed by atoms with van der Waals surface area (Å²) in [5, 5.41) is 17.7. The monoisotopic (exact) mass is 462 g/mol. The number of nitrogens with zero attached hydrogens (tertiary/aromatic N) is 5. The van der Waals surface area contributed by atoms with Crippen LogP contribution in [0.5, 0.6) is 0 Å². The van der Waals surface area contributed by atoms with Gasteiger partial charge in [0.05, 0.1) is 29.2 Å². The highest BCUT2D eigenvalue weighted by molar-refractivity contribution is 7.99. The summed E-state index contributed by atoms with van der Waals surface area (Å²) in [7, 11) is 0. The van der Waals surface area contributed by atoms with Gasteiger partial charge in [0, 0.05) is 17.2 Å². The molecule has 1 unspecified atom stereocenters. The Kier molecular flexibility index (Phi) is 5.17. The number of anilines is 1. The molecule has 2 aromatic carbocycles. The molecule has 2 aromatic heterocycles. The molecule has 5 rings (SSSR count). The van der Waals surface area contributed by atoms with E-state index < -0.39 is 0 Å². The first-order valence-electron chi connectivity index (χ1n) is 9.73. The predicted molar refractivity (Wildman–Crippen MR) is 122 cm³/mol. The van der Waals surface area contributed by atoms with Crippen molar-refractivity contribution in [1.29, 1.82) is 5.26 Å². The average molecular weight is 463 g/mol. The van der Waals surface area contributed by atoms with Crippen molar-refractivity contribution in [2.24, 2.45) is 0 Å². The molecule has 1 aliphatic heterocycles. The van der Waals surface area contributed by atoms with Gasteiger partial charge in [-0.15, -0.1) is 0 Å². The lowest BCUT2D eigenvalue weighted by atomic mass is 10.1. The number of carbonyl (C=O) groups is 1. The SMILES string of the molecule is N#Cc1ccc(Cl)cc1NC(=O)CC1CSc2nc3c(cnn3-c3ccccc3)c(=O)n21. The number of rotatable bonds is 4. The smallest absolute Gasteiger partial charge is 0.265 e. The minimum atomic E-state index is -0.357. The molecule has 0 saturated carbocycles. The first-order valence-corrected chi connectivity index (χ1v) is 11.1. The van der Waals surface area contributed by atoms with Crippen molar-refractivity contribution in [2.75, 3.05) is 11.1 Å². The van der Waals surface area contributed by atoms with Crippen LogP contribution in [0, 0.1) is 11.3 Å². The predicted octanol–water partition coefficient (Wildman–Crippen LogP) is 3.78. The fourth-order valence-electron chi connectivity index (χ4n) is 3.67. The summed E-state index contributed by atoms with van der Waals surface area (Å²) in [5.74, 6) is 0.232. The fraction of sp³-hybridized carbons (Fsp3) is 0.136. The summed E-state index contributed by atoms with van der Waals surface area (Å²) >= 11 is 7.42. The molecule has 1 aliphatic rings. The molecule has 1 N–H and O–H groups in total. The topological polar surface area (TPSA) is 106 Å². The molecule has 0 aliphatic carbocycles. The molecule has 1 amide bonds. The van der Waals surface area contributed by atoms with Crippen molar-refractivity contribution < 1.29 is 4.79 Å². The number of aromatic nitrogens is 4. The molecule has 3 heterocycles. The number of para-hydroxylation sites is 1. The number of nitrogens with one attached hydrogen (secondary N) is 1. The normalized spacial score (nSPS) is 14.8. The van der Waals surface area contributed by atoms with Gasteiger partial charge in [-0.2, -0.15) is 10.4 Å². The van der Waals surface area contributed by atoms with E-state index in [0.717, 1.165) is 5.69 Å². The van der Waals surface area contributed by atoms with Gasteiger partial charge in [0.25, 0.3) is 5.56 Å². The molecule has 10 heteroatoms. The Bertz CT molecular complexity index is 1460. The third kappa shape index (κ3) is 3.53. The van der Waals surface area contributed by atoms with Crippen LogP contribution in [0.4, 0.5) is 5.69 Å². The first-order chi connectivity index (χ1) is 15.5. The molecular formula is C22H15ClN6O2S. The molecule has 4 aromatic rings. The number of hydrogen-bond donors (Lipinski definition) is 1. The van der Waals surface area contributed by atoms with Crippen LogP contribution in [0.3, 0.4) is 0 Å². The van der Waals surface area contributed by atoms with Crippen LogP contribution in [0.1, 0.15) is 18.0 Å². The van der Waals surface area contributed by atoms with Crippen molar-refractivity contribution in [1.82, 2.24) is 19.3 Å². The molecule has 0 bridgehead atoms. The molecule has 0 spiro atoms. The van der Waals surface area contributed by atoms with Crippen LogP contribution in [-0.4, -0.2) is 31.0 Å². The van der Waals surface area contributed by atoms with Gasteiger partial charge in [-0.05, 0) is 30.3 Å². The molecule has 0 radical (unpaired) electrons. The Hall–Kier alpha value is -3.61. The molecule has 32 heavy (non-hydrogen) atoms. The Balaban J connectivity index is 1.44. The van der Waals surface area contributed by atoms with E-state index >= 15 is 0 Å². The summed E-state index contributed by atoms with van der Waals surface area (Å²) in [6.07, 6.45) is 1.58. The molecular weight excluding hydrogens is 448 g/mol. The third-order valence-electron chi connectivity index (χ3n) is 5.17. The van der Waals surface area contributed by atoms with Gasteiger partial charge in [0.1, 0.15) is 11.5 Å². The summed E-state index contributed by atoms with van der Waals surface area (Å²) < 4.78 is 3.20. The van der Waals surface area contributed by atoms with Crippen LogP contribution in [0.25, 0.3) is 16.7 Å². The number of hydrogen-bond acceptors (Lipinski definition) is 6. The number of halogens is 1. The molecule has 0 saturated heterocycles. The second-order valence-corrected chi connectivity index (χ2v) is 8.64. The van der Waals surface area contributed by atoms with Gasteiger partial charge in [0.15, 0.2) is 10.8 Å². The first kappa shape index (κ1) is 20.3. The Morgan fingerprint density at radius 1 is 1.28 bits per heavy atom. The van der Waals surface area contributed by atoms with Gasteiger partial charge < -0.3 is 5.32 Å². The average Bonchev–Trinajstić information content (AvgIpc) is 3.39. The molecule has 0 fully saturated rings. The Morgan fingerprint density at radius 2 is 2.09 bits per heavy atom. The maximum atomic E-state index is 13.2. The maximum Gasteiger partial charge on any atom is 0.265 e. The number of nitriles is 1. The van der Waals surface area contributed by atoms with Gasteiger partial charge in [-0.1, -0.05) is 41.6 Å². The van der Waals surface area contributed by atoms with Gasteiger partial charge in [-0.3, -0.25) is 14.2 Å². The lowest BCUT2D eigenvalue weighted by Crippen LogP contribution is -2.27. The van der Waals surface area contributed by atoms with E-state index in [1.807, 2.05) is 36.4 Å². The van der Waals surface area contributed by atoms with E-state index in [-0.39, 0.29) is 23.9 Å². The second-order valence-electron chi connectivity index (χ2n) is 7.22. The van der Waals surface area contributed by atoms with Crippen molar-refractivity contribution in [3.63, 3.8) is 0 Å². The summed E-state index contributed by atoms with van der Waals surface area (Å²) in [6.45, 7) is 0. The van der Waals surface area contributed by atoms with Gasteiger partial charge in [-0.25, -0.2) is 9.67 Å². The number of thioether (sulfide) groups is 1. The van der Waals surface area contributed by atoms with Crippen LogP contribution in [-0.2, 0) is 4.79 Å². The van der Waals surface area contributed by atoms with E-state index in [1.165, 1.54) is 24.0 Å². The third-order valence-corrected chi connectivity index (χ3v) is 6.50. The maximum absolute atomic E-state index is 13.2. The summed E-state index contributed by atoms with van der Waals surface area (Å²) in [4.78, 5) is 30.6. The minimum Gasteiger partial charge on any atom is -0.325 e. The number of benzene rings is 2. The highest BCUT2D eigenvalue weighted by atomic mass is 35.5. The Morgan fingerprint density at radius 3 is 2.88 bits per heavy atom. The highest BCUT2D eigenvalue weighted by Gasteiger charge is 2.29. The van der Waals surface area contributed by atoms with Gasteiger partial charge >= 0.3 is 0 Å². The number of amides is 1.